The van der Waals surface area contributed by atoms with E-state index in [1.54, 1.807) is 0 Å². The monoisotopic (exact) mass is 515 g/mol. The van der Waals surface area contributed by atoms with E-state index in [1.807, 2.05) is 49.4 Å². The van der Waals surface area contributed by atoms with Crippen molar-refractivity contribution >= 4 is 17.8 Å². The molecule has 0 radical (unpaired) electrons. The van der Waals surface area contributed by atoms with Crippen LogP contribution < -0.4 is 9.64 Å². The molecular formula is C32H41N3O3. The summed E-state index contributed by atoms with van der Waals surface area (Å²) in [5.74, 6) is 2.15. The molecule has 0 spiro atoms. The van der Waals surface area contributed by atoms with E-state index in [0.29, 0.717) is 24.3 Å². The molecule has 1 saturated carbocycles. The molecule has 1 aliphatic carbocycles. The fourth-order valence-corrected chi connectivity index (χ4v) is 5.91. The number of para-hydroxylation sites is 2. The van der Waals surface area contributed by atoms with Crippen LogP contribution in [-0.4, -0.2) is 60.1 Å². The van der Waals surface area contributed by atoms with Crippen LogP contribution in [-0.2, 0) is 0 Å². The maximum absolute atomic E-state index is 10.9. The molecule has 0 amide bonds. The third-order valence-electron chi connectivity index (χ3n) is 7.96. The molecule has 38 heavy (non-hydrogen) atoms. The summed E-state index contributed by atoms with van der Waals surface area (Å²) < 4.78 is 11.3. The molecule has 2 atom stereocenters. The van der Waals surface area contributed by atoms with Crippen LogP contribution in [0.4, 0.5) is 5.69 Å². The predicted octanol–water partition coefficient (Wildman–Crippen LogP) is 6.15. The smallest absolute Gasteiger partial charge is 0.159 e. The molecule has 1 saturated heterocycles. The number of piperazine rings is 1. The van der Waals surface area contributed by atoms with Gasteiger partial charge in [0.2, 0.25) is 0 Å². The molecule has 1 aliphatic heterocycles. The summed E-state index contributed by atoms with van der Waals surface area (Å²) in [4.78, 5) is 4.96. The van der Waals surface area contributed by atoms with Crippen molar-refractivity contribution in [3.8, 4) is 5.75 Å². The molecule has 2 unspecified atom stereocenters. The van der Waals surface area contributed by atoms with Crippen LogP contribution in [0.2, 0.25) is 0 Å². The molecule has 6 nitrogen and oxygen atoms in total. The van der Waals surface area contributed by atoms with Crippen molar-refractivity contribution in [1.29, 1.82) is 0 Å². The molecular weight excluding hydrogens is 474 g/mol. The average molecular weight is 516 g/mol. The lowest BCUT2D eigenvalue weighted by Gasteiger charge is -2.43. The van der Waals surface area contributed by atoms with Gasteiger partial charge in [0.15, 0.2) is 5.76 Å². The van der Waals surface area contributed by atoms with E-state index in [1.165, 1.54) is 43.4 Å². The van der Waals surface area contributed by atoms with Gasteiger partial charge in [0.05, 0.1) is 5.69 Å². The molecule has 1 aromatic heterocycles. The van der Waals surface area contributed by atoms with Gasteiger partial charge in [0.1, 0.15) is 18.5 Å². The van der Waals surface area contributed by atoms with Crippen LogP contribution in [0.15, 0.2) is 59.1 Å². The zero-order valence-electron chi connectivity index (χ0n) is 22.8. The minimum Gasteiger partial charge on any atom is -0.490 e. The molecule has 3 aromatic rings. The van der Waals surface area contributed by atoms with Gasteiger partial charge >= 0.3 is 0 Å². The van der Waals surface area contributed by atoms with Gasteiger partial charge in [-0.2, -0.15) is 0 Å². The van der Waals surface area contributed by atoms with Gasteiger partial charge in [0.25, 0.3) is 0 Å². The molecule has 2 fully saturated rings. The molecule has 6 heteroatoms. The topological polar surface area (TPSA) is 62.0 Å². The van der Waals surface area contributed by atoms with Crippen LogP contribution in [0.1, 0.15) is 67.5 Å². The first-order valence-electron chi connectivity index (χ1n) is 14.2. The Morgan fingerprint density at radius 3 is 2.63 bits per heavy atom. The Labute approximate surface area is 226 Å². The third kappa shape index (κ3) is 6.66. The Kier molecular flexibility index (Phi) is 8.82. The molecule has 5 rings (SSSR count). The van der Waals surface area contributed by atoms with E-state index >= 15 is 0 Å². The van der Waals surface area contributed by atoms with Gasteiger partial charge in [-0.1, -0.05) is 60.8 Å². The van der Waals surface area contributed by atoms with E-state index in [-0.39, 0.29) is 6.61 Å². The average Bonchev–Trinajstić information content (AvgIpc) is 3.37. The SMILES string of the molecule is Cc1cc(C=Cc2ccccc2OCC(O)CN2CCN(c3ccccc3C3CCCCC3)CC2C)on1. The van der Waals surface area contributed by atoms with Gasteiger partial charge in [-0.05, 0) is 62.5 Å². The second-order valence-corrected chi connectivity index (χ2v) is 10.9. The Bertz CT molecular complexity index is 1200. The Balaban J connectivity index is 1.14. The lowest BCUT2D eigenvalue weighted by molar-refractivity contribution is 0.0511. The maximum atomic E-state index is 10.9. The number of anilines is 1. The van der Waals surface area contributed by atoms with Gasteiger partial charge < -0.3 is 19.3 Å². The quantitative estimate of drug-likeness (QED) is 0.369. The molecule has 2 aliphatic rings. The zero-order chi connectivity index (χ0) is 26.3. The normalized spacial score (nSPS) is 20.2. The third-order valence-corrected chi connectivity index (χ3v) is 7.96. The summed E-state index contributed by atoms with van der Waals surface area (Å²) >= 11 is 0. The number of aliphatic hydroxyl groups is 1. The van der Waals surface area contributed by atoms with E-state index in [0.717, 1.165) is 36.6 Å². The number of β-amino-alcohol motifs (C(OH)–C–C–N with tert-alkyl or cyclic N) is 1. The highest BCUT2D eigenvalue weighted by Gasteiger charge is 2.28. The number of aryl methyl sites for hydroxylation is 1. The van der Waals surface area contributed by atoms with Gasteiger partial charge in [-0.3, -0.25) is 4.90 Å². The van der Waals surface area contributed by atoms with Gasteiger partial charge in [0, 0.05) is 49.5 Å². The van der Waals surface area contributed by atoms with E-state index in [9.17, 15) is 5.11 Å². The zero-order valence-corrected chi connectivity index (χ0v) is 22.8. The fraction of sp³-hybridized carbons (Fsp3) is 0.469. The number of hydrogen-bond acceptors (Lipinski definition) is 6. The van der Waals surface area contributed by atoms with Gasteiger partial charge in [-0.25, -0.2) is 0 Å². The summed E-state index contributed by atoms with van der Waals surface area (Å²) in [6, 6.07) is 19.1. The standard InChI is InChI=1S/C32H41N3O3/c1-24-20-29(38-33-24)17-16-27-12-6-9-15-32(27)37-23-28(36)22-34-18-19-35(21-25(34)2)31-14-8-7-13-30(31)26-10-4-3-5-11-26/h6-9,12-17,20,25-26,28,36H,3-5,10-11,18-19,21-23H2,1-2H3. The highest BCUT2D eigenvalue weighted by Crippen LogP contribution is 2.38. The van der Waals surface area contributed by atoms with Crippen molar-refractivity contribution in [2.45, 2.75) is 64.0 Å². The van der Waals surface area contributed by atoms with E-state index in [4.69, 9.17) is 9.26 Å². The number of aliphatic hydroxyl groups excluding tert-OH is 1. The van der Waals surface area contributed by atoms with Crippen molar-refractivity contribution in [2.75, 3.05) is 37.7 Å². The highest BCUT2D eigenvalue weighted by atomic mass is 16.5. The van der Waals surface area contributed by atoms with Crippen molar-refractivity contribution < 1.29 is 14.4 Å². The molecule has 202 valence electrons. The Hall–Kier alpha value is -3.09. The first-order chi connectivity index (χ1) is 18.6. The first-order valence-corrected chi connectivity index (χ1v) is 14.2. The van der Waals surface area contributed by atoms with Crippen LogP contribution >= 0.6 is 0 Å². The molecule has 2 aromatic carbocycles. The number of benzene rings is 2. The summed E-state index contributed by atoms with van der Waals surface area (Å²) in [5.41, 5.74) is 4.74. The largest absolute Gasteiger partial charge is 0.490 e. The minimum absolute atomic E-state index is 0.254. The van der Waals surface area contributed by atoms with E-state index < -0.39 is 6.10 Å². The Morgan fingerprint density at radius 1 is 1.05 bits per heavy atom. The van der Waals surface area contributed by atoms with Crippen LogP contribution in [0.25, 0.3) is 12.2 Å². The number of aromatic nitrogens is 1. The van der Waals surface area contributed by atoms with Crippen molar-refractivity contribution in [3.05, 3.63) is 77.2 Å². The second kappa shape index (κ2) is 12.6. The van der Waals surface area contributed by atoms with Crippen molar-refractivity contribution in [2.24, 2.45) is 0 Å². The predicted molar refractivity (Wildman–Crippen MR) is 154 cm³/mol. The van der Waals surface area contributed by atoms with Crippen LogP contribution in [0.3, 0.4) is 0 Å². The maximum Gasteiger partial charge on any atom is 0.159 e. The van der Waals surface area contributed by atoms with Crippen molar-refractivity contribution in [1.82, 2.24) is 10.1 Å². The summed E-state index contributed by atoms with van der Waals surface area (Å²) in [6.07, 6.45) is 9.99. The molecule has 2 heterocycles. The van der Waals surface area contributed by atoms with Crippen molar-refractivity contribution in [3.63, 3.8) is 0 Å². The van der Waals surface area contributed by atoms with Gasteiger partial charge in [-0.15, -0.1) is 0 Å². The molecule has 1 N–H and O–H groups in total. The lowest BCUT2D eigenvalue weighted by Crippen LogP contribution is -2.54. The Morgan fingerprint density at radius 2 is 1.84 bits per heavy atom. The highest BCUT2D eigenvalue weighted by molar-refractivity contribution is 5.70. The first kappa shape index (κ1) is 26.5. The molecule has 0 bridgehead atoms. The summed E-state index contributed by atoms with van der Waals surface area (Å²) in [5, 5.41) is 14.8. The number of rotatable bonds is 9. The van der Waals surface area contributed by atoms with Crippen LogP contribution in [0, 0.1) is 6.92 Å². The second-order valence-electron chi connectivity index (χ2n) is 10.9. The number of ether oxygens (including phenoxy) is 1. The van der Waals surface area contributed by atoms with E-state index in [2.05, 4.69) is 46.1 Å². The summed E-state index contributed by atoms with van der Waals surface area (Å²) in [7, 11) is 0. The van der Waals surface area contributed by atoms with Crippen LogP contribution in [0.5, 0.6) is 5.75 Å². The summed E-state index contributed by atoms with van der Waals surface area (Å²) in [6.45, 7) is 7.93. The minimum atomic E-state index is -0.563. The number of hydrogen-bond donors (Lipinski definition) is 1. The lowest BCUT2D eigenvalue weighted by atomic mass is 9.83. The number of nitrogens with zero attached hydrogens (tertiary/aromatic N) is 3. The fourth-order valence-electron chi connectivity index (χ4n) is 5.91.